The van der Waals surface area contributed by atoms with E-state index in [0.717, 1.165) is 67.4 Å². The van der Waals surface area contributed by atoms with Gasteiger partial charge in [0.2, 0.25) is 16.6 Å². The van der Waals surface area contributed by atoms with Gasteiger partial charge in [-0.1, -0.05) is 185 Å². The standard InChI is InChI=1S/C50H64N2O2Si4/c1-55(2,3)51-45(37-47(53-57(7,8)9)49(41-25-17-13-18-26-41)42-27-19-14-20-28-42)39-33-35-40(36-34-39)46(52-56(4,5)6)38-48(54-58(10,11)12)50(43-29-21-15-22-30-43)44-31-23-16-24-32-44/h13-38,51-52H,1-12H3/b45-37-,46-38-. The number of rotatable bonds is 16. The van der Waals surface area contributed by atoms with Crippen LogP contribution >= 0.6 is 0 Å². The second-order valence-electron chi connectivity index (χ2n) is 18.8. The van der Waals surface area contributed by atoms with Crippen LogP contribution in [-0.2, 0) is 8.85 Å². The Labute approximate surface area is 353 Å². The molecule has 0 fully saturated rings. The minimum Gasteiger partial charge on any atom is -0.544 e. The molecule has 4 nitrogen and oxygen atoms in total. The van der Waals surface area contributed by atoms with Gasteiger partial charge in [-0.3, -0.25) is 0 Å². The van der Waals surface area contributed by atoms with Crippen LogP contribution in [0.2, 0.25) is 78.6 Å². The van der Waals surface area contributed by atoms with Crippen molar-refractivity contribution in [2.24, 2.45) is 0 Å². The van der Waals surface area contributed by atoms with E-state index in [9.17, 15) is 0 Å². The van der Waals surface area contributed by atoms with E-state index in [1.54, 1.807) is 0 Å². The first kappa shape index (κ1) is 44.2. The highest BCUT2D eigenvalue weighted by atomic mass is 28.4. The molecule has 0 amide bonds. The summed E-state index contributed by atoms with van der Waals surface area (Å²) in [4.78, 5) is 8.00. The monoisotopic (exact) mass is 836 g/mol. The topological polar surface area (TPSA) is 42.5 Å². The van der Waals surface area contributed by atoms with Crippen molar-refractivity contribution in [3.8, 4) is 0 Å². The first-order valence-corrected chi connectivity index (χ1v) is 34.3. The summed E-state index contributed by atoms with van der Waals surface area (Å²) in [6.07, 6.45) is 4.51. The third-order valence-corrected chi connectivity index (χ3v) is 12.4. The van der Waals surface area contributed by atoms with Gasteiger partial charge < -0.3 is 18.8 Å². The normalized spacial score (nSPS) is 12.7. The Bertz CT molecular complexity index is 1980. The van der Waals surface area contributed by atoms with E-state index >= 15 is 0 Å². The van der Waals surface area contributed by atoms with Crippen LogP contribution in [0.25, 0.3) is 22.5 Å². The van der Waals surface area contributed by atoms with Crippen molar-refractivity contribution in [1.29, 1.82) is 0 Å². The molecule has 0 saturated carbocycles. The Balaban J connectivity index is 1.74. The molecule has 0 heterocycles. The van der Waals surface area contributed by atoms with Crippen molar-refractivity contribution < 1.29 is 8.85 Å². The molecule has 0 spiro atoms. The molecular weight excluding hydrogens is 773 g/mol. The SMILES string of the molecule is C[Si](C)(C)N/C(=C\C(O[Si](C)(C)C)=C(c1ccccc1)c1ccccc1)c1ccc(/C(=C/C(O[Si](C)(C)C)=C(c2ccccc2)c2ccccc2)N[Si](C)(C)C)cc1. The van der Waals surface area contributed by atoms with E-state index in [-0.39, 0.29) is 0 Å². The van der Waals surface area contributed by atoms with Gasteiger partial charge in [-0.25, -0.2) is 0 Å². The van der Waals surface area contributed by atoms with Gasteiger partial charge in [-0.05, 0) is 72.7 Å². The Hall–Kier alpha value is -4.87. The number of hydrogen-bond acceptors (Lipinski definition) is 4. The average Bonchev–Trinajstić information content (AvgIpc) is 3.14. The van der Waals surface area contributed by atoms with Crippen molar-refractivity contribution in [3.63, 3.8) is 0 Å². The second kappa shape index (κ2) is 18.8. The molecule has 5 rings (SSSR count). The van der Waals surface area contributed by atoms with E-state index in [1.165, 1.54) is 0 Å². The lowest BCUT2D eigenvalue weighted by molar-refractivity contribution is 0.443. The molecule has 0 saturated heterocycles. The predicted molar refractivity (Wildman–Crippen MR) is 262 cm³/mol. The Morgan fingerprint density at radius 2 is 0.586 bits per heavy atom. The van der Waals surface area contributed by atoms with Crippen molar-refractivity contribution in [3.05, 3.63) is 203 Å². The van der Waals surface area contributed by atoms with Crippen LogP contribution in [0.4, 0.5) is 0 Å². The maximum absolute atomic E-state index is 7.06. The third-order valence-electron chi connectivity index (χ3n) is 8.65. The summed E-state index contributed by atoms with van der Waals surface area (Å²) in [7, 11) is -7.78. The zero-order valence-electron chi connectivity index (χ0n) is 36.8. The Kier molecular flexibility index (Phi) is 14.3. The molecule has 0 unspecified atom stereocenters. The van der Waals surface area contributed by atoms with Crippen LogP contribution < -0.4 is 9.96 Å². The van der Waals surface area contributed by atoms with E-state index in [0.29, 0.717) is 0 Å². The summed E-state index contributed by atoms with van der Waals surface area (Å²) < 4.78 is 14.1. The Morgan fingerprint density at radius 1 is 0.345 bits per heavy atom. The summed E-state index contributed by atoms with van der Waals surface area (Å²) in [5, 5.41) is 0. The summed E-state index contributed by atoms with van der Waals surface area (Å²) >= 11 is 0. The fourth-order valence-corrected chi connectivity index (χ4v) is 10.3. The fourth-order valence-electron chi connectivity index (χ4n) is 6.57. The maximum atomic E-state index is 7.06. The van der Waals surface area contributed by atoms with Gasteiger partial charge in [-0.2, -0.15) is 0 Å². The van der Waals surface area contributed by atoms with Crippen LogP contribution in [0.3, 0.4) is 0 Å². The number of hydrogen-bond donors (Lipinski definition) is 2. The van der Waals surface area contributed by atoms with Crippen molar-refractivity contribution >= 4 is 55.6 Å². The molecule has 0 bridgehead atoms. The lowest BCUT2D eigenvalue weighted by atomic mass is 9.95. The molecule has 0 aliphatic rings. The predicted octanol–water partition coefficient (Wildman–Crippen LogP) is 13.8. The minimum absolute atomic E-state index is 0.884. The molecule has 58 heavy (non-hydrogen) atoms. The lowest BCUT2D eigenvalue weighted by Crippen LogP contribution is -2.40. The molecule has 0 aromatic heterocycles. The summed E-state index contributed by atoms with van der Waals surface area (Å²) in [5.74, 6) is 1.77. The smallest absolute Gasteiger partial charge is 0.242 e. The zero-order chi connectivity index (χ0) is 42.1. The zero-order valence-corrected chi connectivity index (χ0v) is 40.8. The molecule has 0 aliphatic heterocycles. The number of allylic oxidation sites excluding steroid dienone is 2. The highest BCUT2D eigenvalue weighted by Crippen LogP contribution is 2.34. The van der Waals surface area contributed by atoms with Gasteiger partial charge in [0.25, 0.3) is 0 Å². The van der Waals surface area contributed by atoms with E-state index in [1.807, 2.05) is 0 Å². The van der Waals surface area contributed by atoms with Crippen LogP contribution in [-0.4, -0.2) is 33.1 Å². The minimum atomic E-state index is -2.06. The highest BCUT2D eigenvalue weighted by molar-refractivity contribution is 6.75. The van der Waals surface area contributed by atoms with E-state index in [4.69, 9.17) is 8.85 Å². The van der Waals surface area contributed by atoms with Gasteiger partial charge in [-0.15, -0.1) is 0 Å². The van der Waals surface area contributed by atoms with Crippen LogP contribution in [0, 0.1) is 0 Å². The first-order chi connectivity index (χ1) is 27.2. The quantitative estimate of drug-likeness (QED) is 0.0590. The van der Waals surface area contributed by atoms with Crippen LogP contribution in [0.15, 0.2) is 169 Å². The van der Waals surface area contributed by atoms with Gasteiger partial charge >= 0.3 is 0 Å². The summed E-state index contributed by atoms with van der Waals surface area (Å²) in [6.45, 7) is 27.6. The third kappa shape index (κ3) is 13.6. The lowest BCUT2D eigenvalue weighted by Gasteiger charge is -2.28. The van der Waals surface area contributed by atoms with Crippen molar-refractivity contribution in [2.75, 3.05) is 0 Å². The molecule has 0 atom stereocenters. The number of benzene rings is 5. The molecule has 8 heteroatoms. The first-order valence-electron chi connectivity index (χ1n) is 20.4. The van der Waals surface area contributed by atoms with E-state index in [2.05, 4.69) is 246 Å². The molecule has 0 aliphatic carbocycles. The number of nitrogens with one attached hydrogen (secondary N) is 2. The summed E-state index contributed by atoms with van der Waals surface area (Å²) in [6, 6.07) is 51.6. The molecule has 5 aromatic carbocycles. The van der Waals surface area contributed by atoms with Crippen molar-refractivity contribution in [1.82, 2.24) is 9.96 Å². The van der Waals surface area contributed by atoms with Gasteiger partial charge in [0.1, 0.15) is 28.0 Å². The van der Waals surface area contributed by atoms with Gasteiger partial charge in [0.05, 0.1) is 0 Å². The van der Waals surface area contributed by atoms with Crippen LogP contribution in [0.5, 0.6) is 0 Å². The molecule has 302 valence electrons. The molecule has 0 radical (unpaired) electrons. The molecule has 2 N–H and O–H groups in total. The molecule has 5 aromatic rings. The highest BCUT2D eigenvalue weighted by Gasteiger charge is 2.26. The largest absolute Gasteiger partial charge is 0.544 e. The maximum Gasteiger partial charge on any atom is 0.242 e. The molecular formula is C50H64N2O2Si4. The van der Waals surface area contributed by atoms with Gasteiger partial charge in [0, 0.05) is 34.7 Å². The summed E-state index contributed by atoms with van der Waals surface area (Å²) in [5.41, 5.74) is 11.0. The van der Waals surface area contributed by atoms with E-state index < -0.39 is 33.1 Å². The van der Waals surface area contributed by atoms with Crippen LogP contribution in [0.1, 0.15) is 33.4 Å². The van der Waals surface area contributed by atoms with Gasteiger partial charge in [0.15, 0.2) is 0 Å². The average molecular weight is 837 g/mol. The second-order valence-corrected chi connectivity index (χ2v) is 37.2. The fraction of sp³-hybridized carbons (Fsp3) is 0.240. The van der Waals surface area contributed by atoms with Crippen molar-refractivity contribution in [2.45, 2.75) is 78.6 Å². The Morgan fingerprint density at radius 3 is 0.793 bits per heavy atom.